The fraction of sp³-hybridized carbons (Fsp3) is 0.318. The van der Waals surface area contributed by atoms with E-state index in [9.17, 15) is 4.79 Å². The monoisotopic (exact) mass is 412 g/mol. The second kappa shape index (κ2) is 8.90. The molecule has 0 radical (unpaired) electrons. The summed E-state index contributed by atoms with van der Waals surface area (Å²) in [6.07, 6.45) is 1.01. The minimum atomic E-state index is 0.0491. The third-order valence-electron chi connectivity index (χ3n) is 4.91. The first-order chi connectivity index (χ1) is 13.7. The maximum atomic E-state index is 12.5. The Bertz CT molecular complexity index is 920. The minimum Gasteiger partial charge on any atom is -0.492 e. The van der Waals surface area contributed by atoms with Crippen LogP contribution in [0, 0.1) is 6.92 Å². The molecule has 0 fully saturated rings. The highest BCUT2D eigenvalue weighted by Gasteiger charge is 2.31. The molecule has 28 heavy (non-hydrogen) atoms. The Hall–Kier alpha value is -2.15. The highest BCUT2D eigenvalue weighted by Crippen LogP contribution is 2.39. The van der Waals surface area contributed by atoms with Crippen molar-refractivity contribution >= 4 is 28.6 Å². The second-order valence-electron chi connectivity index (χ2n) is 6.95. The molecule has 4 rings (SSSR count). The van der Waals surface area contributed by atoms with Crippen LogP contribution in [-0.4, -0.2) is 37.0 Å². The molecule has 3 aromatic rings. The van der Waals surface area contributed by atoms with Crippen molar-refractivity contribution in [1.29, 1.82) is 0 Å². The van der Waals surface area contributed by atoms with Gasteiger partial charge >= 0.3 is 0 Å². The molecule has 0 bridgehead atoms. The number of nitrogens with zero attached hydrogens (tertiary/aromatic N) is 1. The third-order valence-corrected chi connectivity index (χ3v) is 6.83. The number of hydrogen-bond acceptors (Lipinski definition) is 5. The molecule has 2 aromatic heterocycles. The Morgan fingerprint density at radius 1 is 1.21 bits per heavy atom. The van der Waals surface area contributed by atoms with Crippen molar-refractivity contribution in [2.24, 2.45) is 0 Å². The fourth-order valence-corrected chi connectivity index (χ4v) is 5.40. The lowest BCUT2D eigenvalue weighted by Crippen LogP contribution is -2.43. The van der Waals surface area contributed by atoms with E-state index >= 15 is 0 Å². The molecule has 4 nitrogen and oxygen atoms in total. The summed E-state index contributed by atoms with van der Waals surface area (Å²) in [6.45, 7) is 4.33. The van der Waals surface area contributed by atoms with Gasteiger partial charge in [0, 0.05) is 16.3 Å². The van der Waals surface area contributed by atoms with Crippen LogP contribution in [0.5, 0.6) is 5.75 Å². The van der Waals surface area contributed by atoms with E-state index in [4.69, 9.17) is 4.74 Å². The normalized spacial score (nSPS) is 16.5. The second-order valence-corrected chi connectivity index (χ2v) is 8.93. The van der Waals surface area contributed by atoms with E-state index in [1.807, 2.05) is 42.5 Å². The number of aryl methyl sites for hydroxylation is 1. The van der Waals surface area contributed by atoms with Crippen LogP contribution >= 0.6 is 22.7 Å². The van der Waals surface area contributed by atoms with Crippen molar-refractivity contribution in [2.45, 2.75) is 19.4 Å². The SMILES string of the molecule is Cc1cccc(OCCNC(=O)CN2CCc3sccc3[C@@H]2c2cccs2)c1. The number of carbonyl (C=O) groups is 1. The van der Waals surface area contributed by atoms with E-state index in [2.05, 4.69) is 39.2 Å². The smallest absolute Gasteiger partial charge is 0.234 e. The van der Waals surface area contributed by atoms with Gasteiger partial charge < -0.3 is 10.1 Å². The Labute approximate surface area is 173 Å². The van der Waals surface area contributed by atoms with Crippen molar-refractivity contribution in [3.8, 4) is 5.75 Å². The molecule has 0 saturated carbocycles. The standard InChI is InChI=1S/C22H24N2O2S2/c1-16-4-2-5-17(14-16)26-11-9-23-21(25)15-24-10-7-19-18(8-13-28-19)22(24)20-6-3-12-27-20/h2-6,8,12-14,22H,7,9-11,15H2,1H3,(H,23,25)/t22-/m1/s1. The van der Waals surface area contributed by atoms with Gasteiger partial charge in [0.25, 0.3) is 0 Å². The first-order valence-electron chi connectivity index (χ1n) is 9.50. The van der Waals surface area contributed by atoms with Gasteiger partial charge in [-0.25, -0.2) is 0 Å². The predicted octanol–water partition coefficient (Wildman–Crippen LogP) is 4.26. The molecule has 1 amide bonds. The lowest BCUT2D eigenvalue weighted by atomic mass is 9.98. The first kappa shape index (κ1) is 19.2. The van der Waals surface area contributed by atoms with Crippen LogP contribution in [0.25, 0.3) is 0 Å². The van der Waals surface area contributed by atoms with E-state index in [1.165, 1.54) is 20.9 Å². The summed E-state index contributed by atoms with van der Waals surface area (Å²) in [4.78, 5) is 17.6. The van der Waals surface area contributed by atoms with E-state index in [-0.39, 0.29) is 11.9 Å². The van der Waals surface area contributed by atoms with E-state index in [0.717, 1.165) is 18.7 Å². The largest absolute Gasteiger partial charge is 0.492 e. The Morgan fingerprint density at radius 3 is 2.96 bits per heavy atom. The van der Waals surface area contributed by atoms with Gasteiger partial charge in [-0.05, 0) is 59.5 Å². The molecule has 0 aliphatic carbocycles. The van der Waals surface area contributed by atoms with Crippen LogP contribution in [0.3, 0.4) is 0 Å². The van der Waals surface area contributed by atoms with Crippen LogP contribution in [0.1, 0.15) is 26.9 Å². The number of nitrogens with one attached hydrogen (secondary N) is 1. The highest BCUT2D eigenvalue weighted by atomic mass is 32.1. The summed E-state index contributed by atoms with van der Waals surface area (Å²) in [5.41, 5.74) is 2.52. The van der Waals surface area contributed by atoms with Crippen molar-refractivity contribution < 1.29 is 9.53 Å². The number of carbonyl (C=O) groups excluding carboxylic acids is 1. The molecule has 0 saturated heterocycles. The third kappa shape index (κ3) is 4.46. The zero-order valence-corrected chi connectivity index (χ0v) is 17.5. The van der Waals surface area contributed by atoms with Crippen LogP contribution in [0.4, 0.5) is 0 Å². The number of benzene rings is 1. The maximum absolute atomic E-state index is 12.5. The molecule has 1 atom stereocenters. The van der Waals surface area contributed by atoms with E-state index < -0.39 is 0 Å². The Kier molecular flexibility index (Phi) is 6.10. The maximum Gasteiger partial charge on any atom is 0.234 e. The number of fused-ring (bicyclic) bond motifs is 1. The van der Waals surface area contributed by atoms with Crippen LogP contribution in [-0.2, 0) is 11.2 Å². The van der Waals surface area contributed by atoms with Gasteiger partial charge in [0.05, 0.1) is 19.1 Å². The van der Waals surface area contributed by atoms with E-state index in [0.29, 0.717) is 19.7 Å². The molecule has 6 heteroatoms. The first-order valence-corrected chi connectivity index (χ1v) is 11.3. The molecule has 0 unspecified atom stereocenters. The number of hydrogen-bond donors (Lipinski definition) is 1. The van der Waals surface area contributed by atoms with Gasteiger partial charge in [0.2, 0.25) is 5.91 Å². The van der Waals surface area contributed by atoms with Crippen molar-refractivity contribution in [1.82, 2.24) is 10.2 Å². The highest BCUT2D eigenvalue weighted by molar-refractivity contribution is 7.10. The van der Waals surface area contributed by atoms with E-state index in [1.54, 1.807) is 11.3 Å². The van der Waals surface area contributed by atoms with Gasteiger partial charge in [-0.3, -0.25) is 9.69 Å². The van der Waals surface area contributed by atoms with Crippen molar-refractivity contribution in [2.75, 3.05) is 26.2 Å². The lowest BCUT2D eigenvalue weighted by Gasteiger charge is -2.34. The minimum absolute atomic E-state index is 0.0491. The molecule has 1 N–H and O–H groups in total. The molecular formula is C22H24N2O2S2. The average Bonchev–Trinajstić information content (AvgIpc) is 3.37. The summed E-state index contributed by atoms with van der Waals surface area (Å²) < 4.78 is 5.72. The van der Waals surface area contributed by atoms with Gasteiger partial charge in [-0.15, -0.1) is 22.7 Å². The van der Waals surface area contributed by atoms with Crippen LogP contribution in [0.15, 0.2) is 53.2 Å². The Morgan fingerprint density at radius 2 is 2.14 bits per heavy atom. The lowest BCUT2D eigenvalue weighted by molar-refractivity contribution is -0.122. The molecule has 3 heterocycles. The summed E-state index contributed by atoms with van der Waals surface area (Å²) in [6, 6.07) is 14.6. The number of amides is 1. The van der Waals surface area contributed by atoms with Gasteiger partial charge in [0.1, 0.15) is 12.4 Å². The summed E-state index contributed by atoms with van der Waals surface area (Å²) in [5.74, 6) is 0.890. The number of ether oxygens (including phenoxy) is 1. The van der Waals surface area contributed by atoms with Gasteiger partial charge in [-0.2, -0.15) is 0 Å². The van der Waals surface area contributed by atoms with Crippen molar-refractivity contribution in [3.63, 3.8) is 0 Å². The van der Waals surface area contributed by atoms with Gasteiger partial charge in [0.15, 0.2) is 0 Å². The molecular weight excluding hydrogens is 388 g/mol. The molecule has 0 spiro atoms. The van der Waals surface area contributed by atoms with Crippen LogP contribution < -0.4 is 10.1 Å². The van der Waals surface area contributed by atoms with Gasteiger partial charge in [-0.1, -0.05) is 18.2 Å². The van der Waals surface area contributed by atoms with Crippen LogP contribution in [0.2, 0.25) is 0 Å². The number of rotatable bonds is 7. The average molecular weight is 413 g/mol. The summed E-state index contributed by atoms with van der Waals surface area (Å²) in [7, 11) is 0. The summed E-state index contributed by atoms with van der Waals surface area (Å²) in [5, 5.41) is 7.27. The zero-order valence-electron chi connectivity index (χ0n) is 15.9. The predicted molar refractivity (Wildman–Crippen MR) is 115 cm³/mol. The summed E-state index contributed by atoms with van der Waals surface area (Å²) >= 11 is 3.58. The zero-order chi connectivity index (χ0) is 19.3. The Balaban J connectivity index is 1.32. The number of thiophene rings is 2. The fourth-order valence-electron chi connectivity index (χ4n) is 3.62. The van der Waals surface area contributed by atoms with Crippen molar-refractivity contribution in [3.05, 3.63) is 74.1 Å². The topological polar surface area (TPSA) is 41.6 Å². The molecule has 146 valence electrons. The molecule has 1 aliphatic heterocycles. The molecule has 1 aliphatic rings. The quantitative estimate of drug-likeness (QED) is 0.590. The molecule has 1 aromatic carbocycles.